The first-order valence-corrected chi connectivity index (χ1v) is 10.2. The molecule has 0 bridgehead atoms. The fourth-order valence-electron chi connectivity index (χ4n) is 3.23. The summed E-state index contributed by atoms with van der Waals surface area (Å²) in [6, 6.07) is 16.2. The maximum atomic E-state index is 14.0. The molecule has 2 heterocycles. The molecule has 8 nitrogen and oxygen atoms in total. The van der Waals surface area contributed by atoms with Crippen LogP contribution in [0, 0.1) is 5.82 Å². The number of oxazole rings is 1. The second-order valence-electron chi connectivity index (χ2n) is 7.00. The van der Waals surface area contributed by atoms with E-state index in [0.717, 1.165) is 0 Å². The Hall–Kier alpha value is -4.24. The van der Waals surface area contributed by atoms with Crippen LogP contribution in [0.1, 0.15) is 0 Å². The number of nitrogens with one attached hydrogen (secondary N) is 1. The van der Waals surface area contributed by atoms with E-state index in [4.69, 9.17) is 20.8 Å². The van der Waals surface area contributed by atoms with E-state index in [1.807, 2.05) is 0 Å². The number of nitrogens with zero attached hydrogens (tertiary/aromatic N) is 4. The lowest BCUT2D eigenvalue weighted by atomic mass is 10.2. The highest BCUT2D eigenvalue weighted by Gasteiger charge is 2.14. The lowest BCUT2D eigenvalue weighted by molar-refractivity contribution is -0.118. The summed E-state index contributed by atoms with van der Waals surface area (Å²) in [5.74, 6) is -0.199. The molecule has 1 N–H and O–H groups in total. The Morgan fingerprint density at radius 2 is 1.91 bits per heavy atom. The summed E-state index contributed by atoms with van der Waals surface area (Å²) in [4.78, 5) is 16.8. The second-order valence-corrected chi connectivity index (χ2v) is 7.44. The van der Waals surface area contributed by atoms with Gasteiger partial charge in [-0.2, -0.15) is 0 Å². The first-order valence-electron chi connectivity index (χ1n) is 9.79. The number of rotatable bonds is 6. The number of amides is 1. The van der Waals surface area contributed by atoms with Crippen molar-refractivity contribution < 1.29 is 18.3 Å². The molecule has 0 spiro atoms. The van der Waals surface area contributed by atoms with E-state index < -0.39 is 5.82 Å². The highest BCUT2D eigenvalue weighted by molar-refractivity contribution is 6.30. The zero-order valence-corrected chi connectivity index (χ0v) is 17.7. The molecule has 1 amide bonds. The molecule has 0 aliphatic heterocycles. The molecule has 3 aromatic carbocycles. The third kappa shape index (κ3) is 4.39. The van der Waals surface area contributed by atoms with Crippen molar-refractivity contribution in [3.8, 4) is 22.9 Å². The molecule has 164 valence electrons. The number of hydrogen-bond donors (Lipinski definition) is 1. The Labute approximate surface area is 191 Å². The summed E-state index contributed by atoms with van der Waals surface area (Å²) < 4.78 is 27.0. The lowest BCUT2D eigenvalue weighted by Gasteiger charge is -2.12. The number of carbonyl (C=O) groups is 1. The number of halogens is 2. The molecule has 0 unspecified atom stereocenters. The zero-order chi connectivity index (χ0) is 22.8. The molecule has 0 aliphatic carbocycles. The molecular weight excluding hydrogens is 449 g/mol. The Kier molecular flexibility index (Phi) is 5.45. The average Bonchev–Trinajstić information content (AvgIpc) is 3.48. The van der Waals surface area contributed by atoms with Crippen LogP contribution in [-0.4, -0.2) is 32.3 Å². The maximum absolute atomic E-state index is 14.0. The first kappa shape index (κ1) is 20.7. The second kappa shape index (κ2) is 8.71. The first-order chi connectivity index (χ1) is 16.1. The summed E-state index contributed by atoms with van der Waals surface area (Å²) in [7, 11) is 0. The molecule has 0 aliphatic rings. The van der Waals surface area contributed by atoms with Crippen LogP contribution in [0.5, 0.6) is 5.75 Å². The standard InChI is InChI=1S/C23H15ClFN5O3/c24-14-5-7-21(19(9-14)30-12-26-27-13-30)32-11-22(31)28-15-6-8-20-18(10-15)29-23(33-20)16-3-1-2-4-17(16)25/h1-10,12-13H,11H2,(H,28,31). The van der Waals surface area contributed by atoms with Crippen LogP contribution in [-0.2, 0) is 4.79 Å². The van der Waals surface area contributed by atoms with E-state index in [0.29, 0.717) is 33.2 Å². The third-order valence-corrected chi connectivity index (χ3v) is 4.99. The van der Waals surface area contributed by atoms with E-state index in [9.17, 15) is 9.18 Å². The number of fused-ring (bicyclic) bond motifs is 1. The van der Waals surface area contributed by atoms with Crippen molar-refractivity contribution in [1.29, 1.82) is 0 Å². The monoisotopic (exact) mass is 463 g/mol. The normalized spacial score (nSPS) is 11.0. The predicted octanol–water partition coefficient (Wildman–Crippen LogP) is 4.89. The van der Waals surface area contributed by atoms with Crippen LogP contribution >= 0.6 is 11.6 Å². The molecule has 10 heteroatoms. The lowest BCUT2D eigenvalue weighted by Crippen LogP contribution is -2.20. The van der Waals surface area contributed by atoms with Crippen LogP contribution in [0.4, 0.5) is 10.1 Å². The van der Waals surface area contributed by atoms with Crippen molar-refractivity contribution in [1.82, 2.24) is 19.7 Å². The predicted molar refractivity (Wildman–Crippen MR) is 120 cm³/mol. The van der Waals surface area contributed by atoms with Crippen molar-refractivity contribution >= 4 is 34.3 Å². The zero-order valence-electron chi connectivity index (χ0n) is 16.9. The number of hydrogen-bond acceptors (Lipinski definition) is 6. The minimum absolute atomic E-state index is 0.166. The smallest absolute Gasteiger partial charge is 0.262 e. The minimum Gasteiger partial charge on any atom is -0.482 e. The Balaban J connectivity index is 1.30. The maximum Gasteiger partial charge on any atom is 0.262 e. The van der Waals surface area contributed by atoms with Gasteiger partial charge in [-0.3, -0.25) is 9.36 Å². The molecule has 2 aromatic heterocycles. The summed E-state index contributed by atoms with van der Waals surface area (Å²) >= 11 is 6.08. The van der Waals surface area contributed by atoms with Crippen LogP contribution in [0.2, 0.25) is 5.02 Å². The van der Waals surface area contributed by atoms with Crippen LogP contribution in [0.3, 0.4) is 0 Å². The van der Waals surface area contributed by atoms with E-state index in [1.54, 1.807) is 59.2 Å². The van der Waals surface area contributed by atoms with E-state index in [1.165, 1.54) is 18.7 Å². The van der Waals surface area contributed by atoms with E-state index >= 15 is 0 Å². The van der Waals surface area contributed by atoms with Gasteiger partial charge in [0.05, 0.1) is 11.3 Å². The topological polar surface area (TPSA) is 95.1 Å². The van der Waals surface area contributed by atoms with Gasteiger partial charge < -0.3 is 14.5 Å². The van der Waals surface area contributed by atoms with Gasteiger partial charge in [0.1, 0.15) is 29.7 Å². The Morgan fingerprint density at radius 1 is 1.09 bits per heavy atom. The molecule has 33 heavy (non-hydrogen) atoms. The van der Waals surface area contributed by atoms with Gasteiger partial charge in [-0.1, -0.05) is 23.7 Å². The number of anilines is 1. The molecule has 5 rings (SSSR count). The van der Waals surface area contributed by atoms with Crippen LogP contribution < -0.4 is 10.1 Å². The van der Waals surface area contributed by atoms with Crippen LogP contribution in [0.15, 0.2) is 77.7 Å². The molecule has 0 saturated carbocycles. The molecule has 5 aromatic rings. The third-order valence-electron chi connectivity index (χ3n) is 4.75. The van der Waals surface area contributed by atoms with Gasteiger partial charge in [0.2, 0.25) is 5.89 Å². The van der Waals surface area contributed by atoms with Crippen LogP contribution in [0.25, 0.3) is 28.2 Å². The number of aromatic nitrogens is 4. The SMILES string of the molecule is O=C(COc1ccc(Cl)cc1-n1cnnc1)Nc1ccc2oc(-c3ccccc3F)nc2c1. The molecule has 0 radical (unpaired) electrons. The quantitative estimate of drug-likeness (QED) is 0.385. The molecule has 0 atom stereocenters. The highest BCUT2D eigenvalue weighted by atomic mass is 35.5. The Bertz CT molecular complexity index is 1450. The summed E-state index contributed by atoms with van der Waals surface area (Å²) in [6.45, 7) is -0.242. The fraction of sp³-hybridized carbons (Fsp3) is 0.0435. The average molecular weight is 464 g/mol. The molecule has 0 saturated heterocycles. The van der Waals surface area contributed by atoms with Gasteiger partial charge >= 0.3 is 0 Å². The number of benzene rings is 3. The van der Waals surface area contributed by atoms with Gasteiger partial charge in [-0.25, -0.2) is 9.37 Å². The number of ether oxygens (including phenoxy) is 1. The van der Waals surface area contributed by atoms with Gasteiger partial charge in [0.15, 0.2) is 12.2 Å². The van der Waals surface area contributed by atoms with E-state index in [2.05, 4.69) is 20.5 Å². The van der Waals surface area contributed by atoms with Gasteiger partial charge in [-0.15, -0.1) is 10.2 Å². The minimum atomic E-state index is -0.428. The highest BCUT2D eigenvalue weighted by Crippen LogP contribution is 2.28. The summed E-state index contributed by atoms with van der Waals surface area (Å²) in [6.07, 6.45) is 3.00. The van der Waals surface area contributed by atoms with Gasteiger partial charge in [-0.05, 0) is 48.5 Å². The van der Waals surface area contributed by atoms with Crippen molar-refractivity contribution in [2.45, 2.75) is 0 Å². The largest absolute Gasteiger partial charge is 0.482 e. The molecular formula is C23H15ClFN5O3. The van der Waals surface area contributed by atoms with Crippen molar-refractivity contribution in [3.05, 3.63) is 84.2 Å². The van der Waals surface area contributed by atoms with Crippen molar-refractivity contribution in [2.24, 2.45) is 0 Å². The van der Waals surface area contributed by atoms with Crippen molar-refractivity contribution in [3.63, 3.8) is 0 Å². The van der Waals surface area contributed by atoms with E-state index in [-0.39, 0.29) is 24.0 Å². The number of carbonyl (C=O) groups excluding carboxylic acids is 1. The molecule has 0 fully saturated rings. The summed E-state index contributed by atoms with van der Waals surface area (Å²) in [5, 5.41) is 10.8. The summed E-state index contributed by atoms with van der Waals surface area (Å²) in [5.41, 5.74) is 2.32. The van der Waals surface area contributed by atoms with Gasteiger partial charge in [0, 0.05) is 10.7 Å². The van der Waals surface area contributed by atoms with Crippen molar-refractivity contribution in [2.75, 3.05) is 11.9 Å². The fourth-order valence-corrected chi connectivity index (χ4v) is 3.40. The van der Waals surface area contributed by atoms with Gasteiger partial charge in [0.25, 0.3) is 5.91 Å². The Morgan fingerprint density at radius 3 is 2.73 bits per heavy atom.